The summed E-state index contributed by atoms with van der Waals surface area (Å²) in [7, 11) is 1.59. The minimum absolute atomic E-state index is 0.120. The lowest BCUT2D eigenvalue weighted by molar-refractivity contribution is -0.115. The van der Waals surface area contributed by atoms with E-state index in [9.17, 15) is 4.79 Å². The number of hydrogen-bond donors (Lipinski definition) is 2. The number of methoxy groups -OCH3 is 1. The molecule has 0 saturated carbocycles. The van der Waals surface area contributed by atoms with Crippen LogP contribution in [0.2, 0.25) is 0 Å². The highest BCUT2D eigenvalue weighted by Gasteiger charge is 2.05. The molecule has 0 radical (unpaired) electrons. The van der Waals surface area contributed by atoms with Crippen molar-refractivity contribution in [3.63, 3.8) is 0 Å². The largest absolute Gasteiger partial charge is 0.497 e. The van der Waals surface area contributed by atoms with E-state index in [1.807, 2.05) is 29.7 Å². The molecule has 0 aliphatic carbocycles. The summed E-state index contributed by atoms with van der Waals surface area (Å²) in [5.74, 6) is 1.40. The number of aromatic nitrogens is 3. The maximum Gasteiger partial charge on any atom is 0.238 e. The summed E-state index contributed by atoms with van der Waals surface area (Å²) in [6.07, 6.45) is 1.67. The monoisotopic (exact) mass is 289 g/mol. The Labute approximate surface area is 123 Å². The van der Waals surface area contributed by atoms with Crippen LogP contribution in [0, 0.1) is 0 Å². The molecule has 1 aromatic carbocycles. The van der Waals surface area contributed by atoms with Crippen LogP contribution in [0.15, 0.2) is 30.6 Å². The standard InChI is InChI=1S/C14H19N5O2/c1-3-19-10-16-18-13(19)8-15-9-14(20)17-11-5-4-6-12(7-11)21-2/h4-7,10,15H,3,8-9H2,1-2H3,(H,17,20). The molecule has 2 rings (SSSR count). The van der Waals surface area contributed by atoms with Crippen molar-refractivity contribution in [3.05, 3.63) is 36.4 Å². The summed E-state index contributed by atoms with van der Waals surface area (Å²) in [5, 5.41) is 13.7. The van der Waals surface area contributed by atoms with Crippen molar-refractivity contribution in [1.82, 2.24) is 20.1 Å². The summed E-state index contributed by atoms with van der Waals surface area (Å²) in [4.78, 5) is 11.8. The number of benzene rings is 1. The quantitative estimate of drug-likeness (QED) is 0.796. The second-order valence-electron chi connectivity index (χ2n) is 4.42. The molecule has 7 nitrogen and oxygen atoms in total. The number of nitrogens with one attached hydrogen (secondary N) is 2. The summed E-state index contributed by atoms with van der Waals surface area (Å²) < 4.78 is 7.03. The van der Waals surface area contributed by atoms with Gasteiger partial charge in [0.1, 0.15) is 17.9 Å². The van der Waals surface area contributed by atoms with Crippen LogP contribution in [-0.2, 0) is 17.9 Å². The third-order valence-electron chi connectivity index (χ3n) is 2.96. The molecule has 0 spiro atoms. The third-order valence-corrected chi connectivity index (χ3v) is 2.96. The van der Waals surface area contributed by atoms with Gasteiger partial charge in [-0.3, -0.25) is 4.79 Å². The van der Waals surface area contributed by atoms with Crippen LogP contribution in [0.25, 0.3) is 0 Å². The van der Waals surface area contributed by atoms with Gasteiger partial charge in [0, 0.05) is 18.3 Å². The van der Waals surface area contributed by atoms with Crippen LogP contribution in [0.4, 0.5) is 5.69 Å². The molecule has 2 aromatic rings. The summed E-state index contributed by atoms with van der Waals surface area (Å²) >= 11 is 0. The Balaban J connectivity index is 1.79. The van der Waals surface area contributed by atoms with Crippen LogP contribution >= 0.6 is 0 Å². The average molecular weight is 289 g/mol. The summed E-state index contributed by atoms with van der Waals surface area (Å²) in [6.45, 7) is 3.52. The first-order valence-corrected chi connectivity index (χ1v) is 6.74. The lowest BCUT2D eigenvalue weighted by Gasteiger charge is -2.08. The van der Waals surface area contributed by atoms with Crippen molar-refractivity contribution in [3.8, 4) is 5.75 Å². The van der Waals surface area contributed by atoms with Gasteiger partial charge in [0.05, 0.1) is 20.2 Å². The van der Waals surface area contributed by atoms with Crippen molar-refractivity contribution in [1.29, 1.82) is 0 Å². The fourth-order valence-corrected chi connectivity index (χ4v) is 1.87. The number of nitrogens with zero attached hydrogens (tertiary/aromatic N) is 3. The Morgan fingerprint density at radius 2 is 2.29 bits per heavy atom. The number of ether oxygens (including phenoxy) is 1. The second-order valence-corrected chi connectivity index (χ2v) is 4.42. The van der Waals surface area contributed by atoms with Crippen molar-refractivity contribution in [2.75, 3.05) is 19.0 Å². The molecule has 7 heteroatoms. The van der Waals surface area contributed by atoms with Gasteiger partial charge < -0.3 is 19.9 Å². The second kappa shape index (κ2) is 7.39. The molecule has 2 N–H and O–H groups in total. The van der Waals surface area contributed by atoms with E-state index in [0.717, 1.165) is 12.4 Å². The Kier molecular flexibility index (Phi) is 5.28. The van der Waals surface area contributed by atoms with Gasteiger partial charge in [-0.25, -0.2) is 0 Å². The zero-order chi connectivity index (χ0) is 15.1. The van der Waals surface area contributed by atoms with E-state index >= 15 is 0 Å². The molecule has 0 aliphatic heterocycles. The number of hydrogen-bond acceptors (Lipinski definition) is 5. The zero-order valence-electron chi connectivity index (χ0n) is 12.2. The van der Waals surface area contributed by atoms with Gasteiger partial charge >= 0.3 is 0 Å². The topological polar surface area (TPSA) is 81.1 Å². The van der Waals surface area contributed by atoms with Gasteiger partial charge in [0.15, 0.2) is 0 Å². The van der Waals surface area contributed by atoms with Gasteiger partial charge in [0.25, 0.3) is 0 Å². The summed E-state index contributed by atoms with van der Waals surface area (Å²) in [5.41, 5.74) is 0.706. The minimum Gasteiger partial charge on any atom is -0.497 e. The molecular formula is C14H19N5O2. The van der Waals surface area contributed by atoms with Crippen molar-refractivity contribution in [2.24, 2.45) is 0 Å². The zero-order valence-corrected chi connectivity index (χ0v) is 12.2. The van der Waals surface area contributed by atoms with Crippen LogP contribution in [-0.4, -0.2) is 34.3 Å². The molecule has 0 fully saturated rings. The van der Waals surface area contributed by atoms with Crippen LogP contribution < -0.4 is 15.4 Å². The van der Waals surface area contributed by atoms with Gasteiger partial charge in [0.2, 0.25) is 5.91 Å². The molecule has 112 valence electrons. The predicted molar refractivity (Wildman–Crippen MR) is 79.0 cm³/mol. The fourth-order valence-electron chi connectivity index (χ4n) is 1.87. The maximum atomic E-state index is 11.8. The smallest absolute Gasteiger partial charge is 0.238 e. The van der Waals surface area contributed by atoms with E-state index in [1.54, 1.807) is 19.5 Å². The minimum atomic E-state index is -0.120. The van der Waals surface area contributed by atoms with Crippen molar-refractivity contribution in [2.45, 2.75) is 20.0 Å². The molecular weight excluding hydrogens is 270 g/mol. The number of rotatable bonds is 7. The number of anilines is 1. The van der Waals surface area contributed by atoms with Crippen molar-refractivity contribution >= 4 is 11.6 Å². The Bertz CT molecular complexity index is 597. The van der Waals surface area contributed by atoms with E-state index < -0.39 is 0 Å². The predicted octanol–water partition coefficient (Wildman–Crippen LogP) is 1.03. The number of carbonyl (C=O) groups is 1. The Morgan fingerprint density at radius 1 is 1.43 bits per heavy atom. The SMILES string of the molecule is CCn1cnnc1CNCC(=O)Nc1cccc(OC)c1. The maximum absolute atomic E-state index is 11.8. The lowest BCUT2D eigenvalue weighted by atomic mass is 10.3. The average Bonchev–Trinajstić information content (AvgIpc) is 2.95. The van der Waals surface area contributed by atoms with Gasteiger partial charge in [-0.2, -0.15) is 0 Å². The lowest BCUT2D eigenvalue weighted by Crippen LogP contribution is -2.28. The van der Waals surface area contributed by atoms with Crippen molar-refractivity contribution < 1.29 is 9.53 Å². The number of amides is 1. The molecule has 1 aromatic heterocycles. The molecule has 1 heterocycles. The molecule has 21 heavy (non-hydrogen) atoms. The fraction of sp³-hybridized carbons (Fsp3) is 0.357. The first-order valence-electron chi connectivity index (χ1n) is 6.74. The highest BCUT2D eigenvalue weighted by Crippen LogP contribution is 2.16. The molecule has 0 saturated heterocycles. The molecule has 0 unspecified atom stereocenters. The van der Waals surface area contributed by atoms with E-state index in [0.29, 0.717) is 18.0 Å². The first kappa shape index (κ1) is 15.0. The van der Waals surface area contributed by atoms with E-state index in [-0.39, 0.29) is 12.5 Å². The first-order chi connectivity index (χ1) is 10.2. The number of carbonyl (C=O) groups excluding carboxylic acids is 1. The molecule has 1 amide bonds. The number of aryl methyl sites for hydroxylation is 1. The Morgan fingerprint density at radius 3 is 3.05 bits per heavy atom. The molecule has 0 aliphatic rings. The highest BCUT2D eigenvalue weighted by atomic mass is 16.5. The highest BCUT2D eigenvalue weighted by molar-refractivity contribution is 5.92. The van der Waals surface area contributed by atoms with E-state index in [2.05, 4.69) is 20.8 Å². The van der Waals surface area contributed by atoms with Crippen LogP contribution in [0.3, 0.4) is 0 Å². The van der Waals surface area contributed by atoms with Gasteiger partial charge in [-0.15, -0.1) is 10.2 Å². The van der Waals surface area contributed by atoms with Gasteiger partial charge in [-0.05, 0) is 19.1 Å². The van der Waals surface area contributed by atoms with Crippen LogP contribution in [0.1, 0.15) is 12.7 Å². The van der Waals surface area contributed by atoms with E-state index in [1.165, 1.54) is 0 Å². The van der Waals surface area contributed by atoms with Crippen LogP contribution in [0.5, 0.6) is 5.75 Å². The molecule has 0 atom stereocenters. The normalized spacial score (nSPS) is 10.4. The van der Waals surface area contributed by atoms with E-state index in [4.69, 9.17) is 4.74 Å². The van der Waals surface area contributed by atoms with Gasteiger partial charge in [-0.1, -0.05) is 6.07 Å². The Hall–Kier alpha value is -2.41. The molecule has 0 bridgehead atoms. The summed E-state index contributed by atoms with van der Waals surface area (Å²) in [6, 6.07) is 7.23. The third kappa shape index (κ3) is 4.28.